The lowest BCUT2D eigenvalue weighted by molar-refractivity contribution is 0.370. The number of hydrogen-bond acceptors (Lipinski definition) is 2. The van der Waals surface area contributed by atoms with Crippen molar-refractivity contribution in [2.24, 2.45) is 5.73 Å². The Kier molecular flexibility index (Phi) is 3.44. The molecule has 1 aromatic rings. The van der Waals surface area contributed by atoms with Gasteiger partial charge in [-0.15, -0.1) is 0 Å². The van der Waals surface area contributed by atoms with E-state index in [2.05, 4.69) is 16.8 Å². The van der Waals surface area contributed by atoms with Crippen LogP contribution in [0.4, 0.5) is 4.39 Å². The highest BCUT2D eigenvalue weighted by molar-refractivity contribution is 5.32. The molecule has 0 aromatic carbocycles. The molecule has 0 bridgehead atoms. The number of pyridine rings is 1. The Bertz CT molecular complexity index is 465. The fraction of sp³-hybridized carbons (Fsp3) is 0.500. The van der Waals surface area contributed by atoms with Crippen molar-refractivity contribution in [3.8, 4) is 11.8 Å². The molecule has 1 aliphatic carbocycles. The summed E-state index contributed by atoms with van der Waals surface area (Å²) in [6.45, 7) is 1.64. The van der Waals surface area contributed by atoms with E-state index in [4.69, 9.17) is 5.73 Å². The Labute approximate surface area is 101 Å². The molecular formula is C14H17FN2. The molecule has 0 saturated heterocycles. The van der Waals surface area contributed by atoms with E-state index in [9.17, 15) is 4.39 Å². The number of halogens is 1. The lowest BCUT2D eigenvalue weighted by Gasteiger charge is -2.27. The maximum Gasteiger partial charge on any atom is 0.144 e. The second kappa shape index (κ2) is 4.85. The lowest BCUT2D eigenvalue weighted by Crippen LogP contribution is -2.40. The van der Waals surface area contributed by atoms with Crippen molar-refractivity contribution in [3.05, 3.63) is 29.3 Å². The van der Waals surface area contributed by atoms with Gasteiger partial charge in [-0.25, -0.2) is 9.37 Å². The van der Waals surface area contributed by atoms with Crippen LogP contribution in [-0.2, 0) is 0 Å². The zero-order chi connectivity index (χ0) is 12.3. The topological polar surface area (TPSA) is 38.9 Å². The third-order valence-corrected chi connectivity index (χ3v) is 3.21. The zero-order valence-electron chi connectivity index (χ0n) is 10.1. The molecule has 3 heteroatoms. The van der Waals surface area contributed by atoms with Gasteiger partial charge in [-0.1, -0.05) is 25.2 Å². The number of aryl methyl sites for hydroxylation is 1. The van der Waals surface area contributed by atoms with Crippen LogP contribution in [0, 0.1) is 24.6 Å². The Morgan fingerprint density at radius 2 is 2.00 bits per heavy atom. The van der Waals surface area contributed by atoms with E-state index in [1.165, 1.54) is 12.5 Å². The van der Waals surface area contributed by atoms with Gasteiger partial charge in [0.25, 0.3) is 0 Å². The fourth-order valence-corrected chi connectivity index (χ4v) is 2.11. The quantitative estimate of drug-likeness (QED) is 0.698. The van der Waals surface area contributed by atoms with Crippen molar-refractivity contribution in [3.63, 3.8) is 0 Å². The minimum absolute atomic E-state index is 0.296. The average Bonchev–Trinajstić information content (AvgIpc) is 2.32. The van der Waals surface area contributed by atoms with E-state index >= 15 is 0 Å². The van der Waals surface area contributed by atoms with E-state index in [0.717, 1.165) is 25.7 Å². The minimum atomic E-state index is -0.373. The molecule has 1 aliphatic rings. The van der Waals surface area contributed by atoms with Crippen molar-refractivity contribution in [1.82, 2.24) is 4.98 Å². The predicted octanol–water partition coefficient (Wildman–Crippen LogP) is 2.54. The van der Waals surface area contributed by atoms with Crippen LogP contribution in [0.5, 0.6) is 0 Å². The molecule has 1 heterocycles. The highest BCUT2D eigenvalue weighted by atomic mass is 19.1. The molecule has 0 unspecified atom stereocenters. The van der Waals surface area contributed by atoms with Crippen molar-refractivity contribution < 1.29 is 4.39 Å². The molecule has 1 aromatic heterocycles. The maximum atomic E-state index is 13.0. The molecule has 0 spiro atoms. The standard InChI is InChI=1S/C14H17FN2/c1-11-13(15)6-5-12(17-11)7-10-14(16)8-3-2-4-9-14/h5-6H,2-4,8-9,16H2,1H3. The first-order valence-corrected chi connectivity index (χ1v) is 6.04. The normalized spacial score (nSPS) is 18.3. The van der Waals surface area contributed by atoms with Gasteiger partial charge in [-0.05, 0) is 37.8 Å². The first kappa shape index (κ1) is 12.1. The fourth-order valence-electron chi connectivity index (χ4n) is 2.11. The van der Waals surface area contributed by atoms with Crippen LogP contribution >= 0.6 is 0 Å². The summed E-state index contributed by atoms with van der Waals surface area (Å²) in [7, 11) is 0. The monoisotopic (exact) mass is 232 g/mol. The van der Waals surface area contributed by atoms with Gasteiger partial charge in [-0.2, -0.15) is 0 Å². The summed E-state index contributed by atoms with van der Waals surface area (Å²) in [4.78, 5) is 4.08. The van der Waals surface area contributed by atoms with Gasteiger partial charge in [0.05, 0.1) is 11.2 Å². The smallest absolute Gasteiger partial charge is 0.144 e. The Morgan fingerprint density at radius 3 is 2.65 bits per heavy atom. The summed E-state index contributed by atoms with van der Waals surface area (Å²) in [5.41, 5.74) is 6.80. The van der Waals surface area contributed by atoms with Gasteiger partial charge >= 0.3 is 0 Å². The van der Waals surface area contributed by atoms with Crippen LogP contribution in [0.3, 0.4) is 0 Å². The SMILES string of the molecule is Cc1nc(C#CC2(N)CCCCC2)ccc1F. The molecule has 0 radical (unpaired) electrons. The zero-order valence-corrected chi connectivity index (χ0v) is 10.1. The first-order chi connectivity index (χ1) is 8.09. The van der Waals surface area contributed by atoms with Crippen LogP contribution in [0.2, 0.25) is 0 Å². The molecule has 90 valence electrons. The van der Waals surface area contributed by atoms with Gasteiger partial charge < -0.3 is 5.73 Å². The van der Waals surface area contributed by atoms with Crippen LogP contribution in [0.25, 0.3) is 0 Å². The van der Waals surface area contributed by atoms with E-state index < -0.39 is 0 Å². The van der Waals surface area contributed by atoms with Crippen LogP contribution in [0.15, 0.2) is 12.1 Å². The van der Waals surface area contributed by atoms with E-state index in [1.807, 2.05) is 0 Å². The van der Waals surface area contributed by atoms with Gasteiger partial charge in [-0.3, -0.25) is 0 Å². The Morgan fingerprint density at radius 1 is 1.29 bits per heavy atom. The maximum absolute atomic E-state index is 13.0. The summed E-state index contributed by atoms with van der Waals surface area (Å²) < 4.78 is 13.0. The third-order valence-electron chi connectivity index (χ3n) is 3.21. The van der Waals surface area contributed by atoms with Crippen LogP contribution < -0.4 is 5.73 Å². The highest BCUT2D eigenvalue weighted by Crippen LogP contribution is 2.25. The molecule has 0 amide bonds. The number of hydrogen-bond donors (Lipinski definition) is 1. The molecule has 1 saturated carbocycles. The van der Waals surface area contributed by atoms with Gasteiger partial charge in [0.2, 0.25) is 0 Å². The van der Waals surface area contributed by atoms with Gasteiger partial charge in [0, 0.05) is 0 Å². The van der Waals surface area contributed by atoms with E-state index in [0.29, 0.717) is 11.4 Å². The summed E-state index contributed by atoms with van der Waals surface area (Å²) in [5, 5.41) is 0. The van der Waals surface area contributed by atoms with E-state index in [1.54, 1.807) is 13.0 Å². The summed E-state index contributed by atoms with van der Waals surface area (Å²) in [6, 6.07) is 3.00. The lowest BCUT2D eigenvalue weighted by atomic mass is 9.83. The molecular weight excluding hydrogens is 215 g/mol. The van der Waals surface area contributed by atoms with Crippen molar-refractivity contribution in [1.29, 1.82) is 0 Å². The minimum Gasteiger partial charge on any atom is -0.315 e. The summed E-state index contributed by atoms with van der Waals surface area (Å²) >= 11 is 0. The second-order valence-corrected chi connectivity index (χ2v) is 4.73. The number of rotatable bonds is 0. The molecule has 17 heavy (non-hydrogen) atoms. The van der Waals surface area contributed by atoms with Crippen molar-refractivity contribution >= 4 is 0 Å². The largest absolute Gasteiger partial charge is 0.315 e. The molecule has 2 rings (SSSR count). The Balaban J connectivity index is 2.17. The van der Waals surface area contributed by atoms with Crippen LogP contribution in [0.1, 0.15) is 43.5 Å². The molecule has 0 aliphatic heterocycles. The predicted molar refractivity (Wildman–Crippen MR) is 65.8 cm³/mol. The summed E-state index contributed by atoms with van der Waals surface area (Å²) in [6.07, 6.45) is 5.41. The second-order valence-electron chi connectivity index (χ2n) is 4.73. The third kappa shape index (κ3) is 3.04. The molecule has 2 nitrogen and oxygen atoms in total. The van der Waals surface area contributed by atoms with Crippen molar-refractivity contribution in [2.45, 2.75) is 44.6 Å². The molecule has 0 atom stereocenters. The highest BCUT2D eigenvalue weighted by Gasteiger charge is 2.24. The number of nitrogens with two attached hydrogens (primary N) is 1. The van der Waals surface area contributed by atoms with Gasteiger partial charge in [0.1, 0.15) is 11.5 Å². The average molecular weight is 232 g/mol. The number of aromatic nitrogens is 1. The Hall–Kier alpha value is -1.40. The summed E-state index contributed by atoms with van der Waals surface area (Å²) in [5.74, 6) is 5.78. The number of nitrogens with zero attached hydrogens (tertiary/aromatic N) is 1. The van der Waals surface area contributed by atoms with Gasteiger partial charge in [0.15, 0.2) is 0 Å². The van der Waals surface area contributed by atoms with E-state index in [-0.39, 0.29) is 11.4 Å². The first-order valence-electron chi connectivity index (χ1n) is 6.04. The molecule has 1 fully saturated rings. The van der Waals surface area contributed by atoms with Crippen LogP contribution in [-0.4, -0.2) is 10.5 Å². The van der Waals surface area contributed by atoms with Crippen molar-refractivity contribution in [2.75, 3.05) is 0 Å². The molecule has 2 N–H and O–H groups in total.